The number of anilines is 1. The van der Waals surface area contributed by atoms with Crippen molar-refractivity contribution < 1.29 is 4.79 Å². The first kappa shape index (κ1) is 22.6. The molecule has 0 aliphatic rings. The van der Waals surface area contributed by atoms with Crippen LogP contribution >= 0.6 is 23.1 Å². The Kier molecular flexibility index (Phi) is 7.28. The predicted octanol–water partition coefficient (Wildman–Crippen LogP) is 7.33. The van der Waals surface area contributed by atoms with E-state index in [2.05, 4.69) is 69.3 Å². The number of amides is 1. The van der Waals surface area contributed by atoms with E-state index in [0.29, 0.717) is 13.0 Å². The molecule has 0 bridgehead atoms. The normalized spacial score (nSPS) is 11.1. The molecule has 32 heavy (non-hydrogen) atoms. The Labute approximate surface area is 198 Å². The van der Waals surface area contributed by atoms with Crippen molar-refractivity contribution >= 4 is 44.4 Å². The number of aryl methyl sites for hydroxylation is 3. The molecule has 164 valence electrons. The molecule has 3 aromatic carbocycles. The molecule has 0 aliphatic heterocycles. The summed E-state index contributed by atoms with van der Waals surface area (Å²) in [5, 5.41) is 0.789. The van der Waals surface area contributed by atoms with Gasteiger partial charge in [0.05, 0.1) is 16.8 Å². The Morgan fingerprint density at radius 3 is 2.38 bits per heavy atom. The molecule has 0 unspecified atom stereocenters. The summed E-state index contributed by atoms with van der Waals surface area (Å²) in [6.07, 6.45) is 1.35. The highest BCUT2D eigenvalue weighted by Crippen LogP contribution is 2.34. The summed E-state index contributed by atoms with van der Waals surface area (Å²) in [5.41, 5.74) is 5.74. The molecular formula is C27H28N2OS2. The molecule has 1 heterocycles. The minimum absolute atomic E-state index is 0.132. The Morgan fingerprint density at radius 1 is 0.938 bits per heavy atom. The van der Waals surface area contributed by atoms with Gasteiger partial charge < -0.3 is 0 Å². The maximum Gasteiger partial charge on any atom is 0.229 e. The van der Waals surface area contributed by atoms with Gasteiger partial charge in [-0.15, -0.1) is 11.8 Å². The summed E-state index contributed by atoms with van der Waals surface area (Å²) in [6.45, 7) is 6.83. The van der Waals surface area contributed by atoms with Crippen LogP contribution in [0, 0.1) is 20.8 Å². The first-order valence-corrected chi connectivity index (χ1v) is 12.7. The van der Waals surface area contributed by atoms with Gasteiger partial charge in [0.15, 0.2) is 5.13 Å². The van der Waals surface area contributed by atoms with Gasteiger partial charge in [0.1, 0.15) is 0 Å². The van der Waals surface area contributed by atoms with Crippen molar-refractivity contribution in [2.45, 2.75) is 45.1 Å². The summed E-state index contributed by atoms with van der Waals surface area (Å²) >= 11 is 3.43. The van der Waals surface area contributed by atoms with Gasteiger partial charge in [0, 0.05) is 11.3 Å². The standard InChI is InChI=1S/C27H28N2OS2/c1-19-11-15-23(16-12-19)31-17-7-10-24(30)29(18-22-8-5-4-6-9-22)27-28-25-20(2)13-14-21(3)26(25)32-27/h4-6,8-9,11-16H,7,10,17-18H2,1-3H3. The number of aromatic nitrogens is 1. The van der Waals surface area contributed by atoms with E-state index >= 15 is 0 Å². The molecule has 0 N–H and O–H groups in total. The first-order valence-electron chi connectivity index (χ1n) is 10.9. The number of hydrogen-bond acceptors (Lipinski definition) is 4. The van der Waals surface area contributed by atoms with Crippen molar-refractivity contribution in [1.82, 2.24) is 4.98 Å². The molecule has 3 nitrogen and oxygen atoms in total. The third-order valence-corrected chi connectivity index (χ3v) is 7.78. The number of fused-ring (bicyclic) bond motifs is 1. The van der Waals surface area contributed by atoms with Crippen molar-refractivity contribution in [3.63, 3.8) is 0 Å². The van der Waals surface area contributed by atoms with Crippen LogP contribution in [-0.4, -0.2) is 16.6 Å². The fraction of sp³-hybridized carbons (Fsp3) is 0.259. The third-order valence-electron chi connectivity index (χ3n) is 5.47. The molecule has 0 spiro atoms. The second kappa shape index (κ2) is 10.3. The zero-order valence-electron chi connectivity index (χ0n) is 18.8. The van der Waals surface area contributed by atoms with Crippen molar-refractivity contribution in [2.75, 3.05) is 10.7 Å². The smallest absolute Gasteiger partial charge is 0.229 e. The number of rotatable bonds is 8. The van der Waals surface area contributed by atoms with Crippen LogP contribution < -0.4 is 4.90 Å². The lowest BCUT2D eigenvalue weighted by Gasteiger charge is -2.20. The summed E-state index contributed by atoms with van der Waals surface area (Å²) in [7, 11) is 0. The van der Waals surface area contributed by atoms with Crippen molar-refractivity contribution in [3.05, 3.63) is 89.0 Å². The molecule has 0 aliphatic carbocycles. The third kappa shape index (κ3) is 5.40. The minimum atomic E-state index is 0.132. The van der Waals surface area contributed by atoms with E-state index in [1.807, 2.05) is 23.1 Å². The Bertz CT molecular complexity index is 1160. The van der Waals surface area contributed by atoms with Crippen molar-refractivity contribution in [1.29, 1.82) is 0 Å². The molecule has 0 saturated carbocycles. The summed E-state index contributed by atoms with van der Waals surface area (Å²) in [6, 6.07) is 23.0. The number of thioether (sulfide) groups is 1. The highest BCUT2D eigenvalue weighted by Gasteiger charge is 2.21. The Morgan fingerprint density at radius 2 is 1.66 bits per heavy atom. The van der Waals surface area contributed by atoms with E-state index in [1.54, 1.807) is 23.1 Å². The van der Waals surface area contributed by atoms with E-state index in [4.69, 9.17) is 4.98 Å². The molecule has 4 aromatic rings. The number of benzene rings is 3. The maximum absolute atomic E-state index is 13.3. The molecule has 0 fully saturated rings. The van der Waals surface area contributed by atoms with Crippen LogP contribution in [0.15, 0.2) is 71.6 Å². The van der Waals surface area contributed by atoms with E-state index in [9.17, 15) is 4.79 Å². The van der Waals surface area contributed by atoms with Crippen LogP contribution in [0.5, 0.6) is 0 Å². The Balaban J connectivity index is 1.50. The zero-order chi connectivity index (χ0) is 22.5. The average molecular weight is 461 g/mol. The quantitative estimate of drug-likeness (QED) is 0.204. The summed E-state index contributed by atoms with van der Waals surface area (Å²) in [4.78, 5) is 21.3. The SMILES string of the molecule is Cc1ccc(SCCCC(=O)N(Cc2ccccc2)c2nc3c(C)ccc(C)c3s2)cc1. The molecule has 0 atom stereocenters. The lowest BCUT2D eigenvalue weighted by atomic mass is 10.1. The van der Waals surface area contributed by atoms with Crippen molar-refractivity contribution in [3.8, 4) is 0 Å². The lowest BCUT2D eigenvalue weighted by Crippen LogP contribution is -2.30. The van der Waals surface area contributed by atoms with E-state index in [0.717, 1.165) is 33.9 Å². The Hall–Kier alpha value is -2.63. The number of thiazole rings is 1. The van der Waals surface area contributed by atoms with Gasteiger partial charge in [0.25, 0.3) is 0 Å². The summed E-state index contributed by atoms with van der Waals surface area (Å²) < 4.78 is 1.17. The molecule has 1 aromatic heterocycles. The zero-order valence-corrected chi connectivity index (χ0v) is 20.4. The fourth-order valence-electron chi connectivity index (χ4n) is 3.57. The monoisotopic (exact) mass is 460 g/mol. The van der Waals surface area contributed by atoms with Crippen LogP contribution in [0.1, 0.15) is 35.1 Å². The summed E-state index contributed by atoms with van der Waals surface area (Å²) in [5.74, 6) is 1.05. The number of nitrogens with zero attached hydrogens (tertiary/aromatic N) is 2. The van der Waals surface area contributed by atoms with Gasteiger partial charge in [0.2, 0.25) is 5.91 Å². The highest BCUT2D eigenvalue weighted by atomic mass is 32.2. The van der Waals surface area contributed by atoms with Gasteiger partial charge in [-0.05, 0) is 61.8 Å². The largest absolute Gasteiger partial charge is 0.284 e. The van der Waals surface area contributed by atoms with Gasteiger partial charge in [-0.1, -0.05) is 71.5 Å². The second-order valence-corrected chi connectivity index (χ2v) is 10.2. The topological polar surface area (TPSA) is 33.2 Å². The highest BCUT2D eigenvalue weighted by molar-refractivity contribution is 7.99. The van der Waals surface area contributed by atoms with Gasteiger partial charge >= 0.3 is 0 Å². The molecule has 5 heteroatoms. The maximum atomic E-state index is 13.3. The van der Waals surface area contributed by atoms with Gasteiger partial charge in [-0.3, -0.25) is 9.69 Å². The van der Waals surface area contributed by atoms with E-state index in [-0.39, 0.29) is 5.91 Å². The molecule has 0 saturated heterocycles. The van der Waals surface area contributed by atoms with Crippen molar-refractivity contribution in [2.24, 2.45) is 0 Å². The second-order valence-electron chi connectivity index (χ2n) is 8.10. The minimum Gasteiger partial charge on any atom is -0.284 e. The molecule has 0 radical (unpaired) electrons. The fourth-order valence-corrected chi connectivity index (χ4v) is 5.56. The van der Waals surface area contributed by atoms with Crippen LogP contribution in [-0.2, 0) is 11.3 Å². The van der Waals surface area contributed by atoms with E-state index < -0.39 is 0 Å². The van der Waals surface area contributed by atoms with Crippen LogP contribution in [0.3, 0.4) is 0 Å². The molecule has 1 amide bonds. The van der Waals surface area contributed by atoms with Crippen LogP contribution in [0.25, 0.3) is 10.2 Å². The van der Waals surface area contributed by atoms with Gasteiger partial charge in [-0.2, -0.15) is 0 Å². The predicted molar refractivity (Wildman–Crippen MR) is 138 cm³/mol. The van der Waals surface area contributed by atoms with Gasteiger partial charge in [-0.25, -0.2) is 4.98 Å². The average Bonchev–Trinajstić information content (AvgIpc) is 3.26. The number of carbonyl (C=O) groups excluding carboxylic acids is 1. The van der Waals surface area contributed by atoms with Crippen LogP contribution in [0.2, 0.25) is 0 Å². The molecule has 4 rings (SSSR count). The van der Waals surface area contributed by atoms with Crippen LogP contribution in [0.4, 0.5) is 5.13 Å². The van der Waals surface area contributed by atoms with E-state index in [1.165, 1.54) is 20.7 Å². The lowest BCUT2D eigenvalue weighted by molar-refractivity contribution is -0.118. The number of hydrogen-bond donors (Lipinski definition) is 0. The molecular weight excluding hydrogens is 432 g/mol. The number of carbonyl (C=O) groups is 1. The first-order chi connectivity index (χ1) is 15.5.